The zero-order valence-electron chi connectivity index (χ0n) is 14.3. The summed E-state index contributed by atoms with van der Waals surface area (Å²) in [6.07, 6.45) is -3.22. The Morgan fingerprint density at radius 1 is 1.32 bits per heavy atom. The van der Waals surface area contributed by atoms with Crippen LogP contribution >= 0.6 is 30.3 Å². The van der Waals surface area contributed by atoms with E-state index in [1.165, 1.54) is 21.4 Å². The molecule has 0 saturated heterocycles. The van der Waals surface area contributed by atoms with Crippen molar-refractivity contribution in [3.05, 3.63) is 36.0 Å². The highest BCUT2D eigenvalue weighted by Gasteiger charge is 2.37. The first kappa shape index (κ1) is 21.0. The van der Waals surface area contributed by atoms with E-state index in [4.69, 9.17) is 5.11 Å². The minimum atomic E-state index is -4.66. The summed E-state index contributed by atoms with van der Waals surface area (Å²) in [7, 11) is 1.34. The van der Waals surface area contributed by atoms with Gasteiger partial charge in [-0.05, 0) is 19.4 Å². The van der Waals surface area contributed by atoms with Crippen LogP contribution in [0.3, 0.4) is 0 Å². The van der Waals surface area contributed by atoms with Crippen molar-refractivity contribution >= 4 is 47.2 Å². The first-order chi connectivity index (χ1) is 13.2. The van der Waals surface area contributed by atoms with E-state index in [1.807, 2.05) is 0 Å². The van der Waals surface area contributed by atoms with E-state index in [9.17, 15) is 17.6 Å². The lowest BCUT2D eigenvalue weighted by molar-refractivity contribution is -0.204. The van der Waals surface area contributed by atoms with Crippen molar-refractivity contribution in [1.82, 2.24) is 18.9 Å². The van der Waals surface area contributed by atoms with Gasteiger partial charge in [-0.1, -0.05) is 0 Å². The minimum Gasteiger partial charge on any atom is -0.384 e. The first-order valence-corrected chi connectivity index (χ1v) is 11.3. The van der Waals surface area contributed by atoms with Crippen LogP contribution in [0.1, 0.15) is 12.0 Å². The molecule has 0 spiro atoms. The molecule has 6 nitrogen and oxygen atoms in total. The number of alkyl halides is 3. The first-order valence-electron chi connectivity index (χ1n) is 7.99. The van der Waals surface area contributed by atoms with Crippen LogP contribution in [0.4, 0.5) is 23.4 Å². The molecule has 0 fully saturated rings. The molecule has 0 aromatic carbocycles. The highest BCUT2D eigenvalue weighted by Crippen LogP contribution is 2.33. The fraction of sp³-hybridized carbons (Fsp3) is 0.312. The van der Waals surface area contributed by atoms with E-state index in [1.54, 1.807) is 17.1 Å². The monoisotopic (exact) mass is 527 g/mol. The van der Waals surface area contributed by atoms with Crippen LogP contribution in [0.5, 0.6) is 0 Å². The Kier molecular flexibility index (Phi) is 6.29. The van der Waals surface area contributed by atoms with E-state index in [2.05, 4.69) is 41.5 Å². The van der Waals surface area contributed by atoms with Crippen LogP contribution in [0, 0.1) is 12.7 Å². The molecule has 0 saturated carbocycles. The van der Waals surface area contributed by atoms with Gasteiger partial charge in [-0.25, -0.2) is 19.3 Å². The largest absolute Gasteiger partial charge is 0.414 e. The van der Waals surface area contributed by atoms with E-state index in [0.29, 0.717) is 28.0 Å². The molecule has 2 N–H and O–H groups in total. The van der Waals surface area contributed by atoms with Crippen molar-refractivity contribution in [1.29, 1.82) is 0 Å². The second-order valence-electron chi connectivity index (χ2n) is 5.96. The van der Waals surface area contributed by atoms with Gasteiger partial charge in [-0.15, -0.1) is 0 Å². The SMILES string of the molecule is Cc1cnc(-c2cn(SI)c3ncc(F)cc23)nc1NCCC(O)C(F)(F)F. The van der Waals surface area contributed by atoms with Crippen molar-refractivity contribution < 1.29 is 22.7 Å². The number of hydrogen-bond donors (Lipinski definition) is 2. The number of aliphatic hydroxyl groups excluding tert-OH is 1. The van der Waals surface area contributed by atoms with Crippen molar-refractivity contribution in [2.45, 2.75) is 25.6 Å². The molecule has 0 aliphatic heterocycles. The molecule has 0 radical (unpaired) electrons. The Labute approximate surface area is 173 Å². The summed E-state index contributed by atoms with van der Waals surface area (Å²) < 4.78 is 52.7. The third-order valence-corrected chi connectivity index (χ3v) is 5.65. The Bertz CT molecular complexity index is 997. The number of nitrogens with one attached hydrogen (secondary N) is 1. The molecule has 3 aromatic heterocycles. The Balaban J connectivity index is 1.89. The van der Waals surface area contributed by atoms with Crippen LogP contribution in [-0.2, 0) is 0 Å². The second-order valence-corrected chi connectivity index (χ2v) is 7.67. The maximum Gasteiger partial charge on any atom is 0.414 e. The van der Waals surface area contributed by atoms with Gasteiger partial charge in [-0.3, -0.25) is 3.97 Å². The number of aromatic nitrogens is 4. The summed E-state index contributed by atoms with van der Waals surface area (Å²) in [6.45, 7) is 1.58. The Morgan fingerprint density at radius 2 is 2.07 bits per heavy atom. The summed E-state index contributed by atoms with van der Waals surface area (Å²) in [6, 6.07) is 1.33. The highest BCUT2D eigenvalue weighted by molar-refractivity contribution is 14.2. The van der Waals surface area contributed by atoms with Gasteiger partial charge in [0.15, 0.2) is 17.6 Å². The van der Waals surface area contributed by atoms with Gasteiger partial charge in [0.1, 0.15) is 11.6 Å². The van der Waals surface area contributed by atoms with Crippen molar-refractivity contribution in [2.75, 3.05) is 11.9 Å². The third kappa shape index (κ3) is 4.49. The summed E-state index contributed by atoms with van der Waals surface area (Å²) >= 11 is 2.06. The van der Waals surface area contributed by atoms with E-state index in [-0.39, 0.29) is 12.4 Å². The number of fused-ring (bicyclic) bond motifs is 1. The predicted molar refractivity (Wildman–Crippen MR) is 108 cm³/mol. The normalized spacial score (nSPS) is 13.1. The quantitative estimate of drug-likeness (QED) is 0.363. The van der Waals surface area contributed by atoms with Crippen LogP contribution in [0.25, 0.3) is 22.4 Å². The number of aliphatic hydroxyl groups is 1. The van der Waals surface area contributed by atoms with Gasteiger partial charge in [0, 0.05) is 65.8 Å². The molecule has 0 aliphatic rings. The molecular formula is C16H14F4IN5OS. The lowest BCUT2D eigenvalue weighted by atomic mass is 10.2. The average molecular weight is 527 g/mol. The molecule has 0 bridgehead atoms. The molecule has 28 heavy (non-hydrogen) atoms. The maximum atomic E-state index is 13.7. The number of halogens is 5. The molecule has 12 heteroatoms. The summed E-state index contributed by atoms with van der Waals surface area (Å²) in [5, 5.41) is 12.4. The smallest absolute Gasteiger partial charge is 0.384 e. The molecule has 1 unspecified atom stereocenters. The lowest BCUT2D eigenvalue weighted by Gasteiger charge is -2.15. The molecular weight excluding hydrogens is 513 g/mol. The van der Waals surface area contributed by atoms with E-state index >= 15 is 0 Å². The van der Waals surface area contributed by atoms with Gasteiger partial charge in [0.05, 0.1) is 6.20 Å². The average Bonchev–Trinajstić information content (AvgIpc) is 3.00. The van der Waals surface area contributed by atoms with Gasteiger partial charge in [0.2, 0.25) is 0 Å². The van der Waals surface area contributed by atoms with Crippen LogP contribution < -0.4 is 5.32 Å². The fourth-order valence-corrected chi connectivity index (χ4v) is 3.78. The number of hydrogen-bond acceptors (Lipinski definition) is 6. The van der Waals surface area contributed by atoms with Gasteiger partial charge >= 0.3 is 6.18 Å². The standard InChI is InChI=1S/C16H14F4IN5OS/c1-8-5-23-14(25-13(8)22-3-2-12(27)16(18,19)20)11-7-26(28-21)15-10(11)4-9(17)6-24-15/h4-7,12,27H,2-3H2,1H3,(H,22,23,25). The van der Waals surface area contributed by atoms with Crippen molar-refractivity contribution in [3.63, 3.8) is 0 Å². The third-order valence-electron chi connectivity index (χ3n) is 3.95. The number of aryl methyl sites for hydroxylation is 1. The number of rotatable bonds is 6. The number of nitrogens with zero attached hydrogens (tertiary/aromatic N) is 4. The molecule has 0 aliphatic carbocycles. The predicted octanol–water partition coefficient (Wildman–Crippen LogP) is 4.51. The molecule has 3 rings (SSSR count). The molecule has 1 atom stereocenters. The zero-order valence-corrected chi connectivity index (χ0v) is 17.3. The summed E-state index contributed by atoms with van der Waals surface area (Å²) in [4.78, 5) is 12.7. The molecule has 3 aromatic rings. The summed E-state index contributed by atoms with van der Waals surface area (Å²) in [5.74, 6) is 0.120. The number of anilines is 1. The Hall–Kier alpha value is -1.67. The minimum absolute atomic E-state index is 0.125. The maximum absolute atomic E-state index is 13.7. The van der Waals surface area contributed by atoms with E-state index < -0.39 is 24.5 Å². The van der Waals surface area contributed by atoms with Crippen LogP contribution in [0.2, 0.25) is 0 Å². The molecule has 150 valence electrons. The van der Waals surface area contributed by atoms with Crippen LogP contribution in [-0.4, -0.2) is 42.9 Å². The lowest BCUT2D eigenvalue weighted by Crippen LogP contribution is -2.30. The van der Waals surface area contributed by atoms with Gasteiger partial charge in [-0.2, -0.15) is 13.2 Å². The molecule has 3 heterocycles. The fourth-order valence-electron chi connectivity index (χ4n) is 2.53. The topological polar surface area (TPSA) is 75.9 Å². The highest BCUT2D eigenvalue weighted by atomic mass is 127. The van der Waals surface area contributed by atoms with Gasteiger partial charge in [0.25, 0.3) is 0 Å². The van der Waals surface area contributed by atoms with Gasteiger partial charge < -0.3 is 10.4 Å². The van der Waals surface area contributed by atoms with E-state index in [0.717, 1.165) is 6.20 Å². The zero-order chi connectivity index (χ0) is 20.5. The molecule has 0 amide bonds. The van der Waals surface area contributed by atoms with Crippen molar-refractivity contribution in [2.24, 2.45) is 0 Å². The van der Waals surface area contributed by atoms with Crippen LogP contribution in [0.15, 0.2) is 24.7 Å². The Morgan fingerprint density at radius 3 is 2.75 bits per heavy atom. The van der Waals surface area contributed by atoms with Crippen molar-refractivity contribution in [3.8, 4) is 11.4 Å². The second kappa shape index (κ2) is 8.37. The number of pyridine rings is 1. The summed E-state index contributed by atoms with van der Waals surface area (Å²) in [5.41, 5.74) is 1.72.